The minimum absolute atomic E-state index is 0. The zero-order valence-corrected chi connectivity index (χ0v) is 15.2. The van der Waals surface area contributed by atoms with Gasteiger partial charge in [0.2, 0.25) is 0 Å². The molecule has 23 heavy (non-hydrogen) atoms. The Morgan fingerprint density at radius 1 is 1.39 bits per heavy atom. The second-order valence-electron chi connectivity index (χ2n) is 5.41. The average Bonchev–Trinajstić information content (AvgIpc) is 2.97. The van der Waals surface area contributed by atoms with Crippen LogP contribution in [0, 0.1) is 6.92 Å². The van der Waals surface area contributed by atoms with E-state index in [-0.39, 0.29) is 24.9 Å². The first-order valence-electron chi connectivity index (χ1n) is 7.30. The van der Waals surface area contributed by atoms with E-state index in [2.05, 4.69) is 25.2 Å². The summed E-state index contributed by atoms with van der Waals surface area (Å²) >= 11 is 1.89. The van der Waals surface area contributed by atoms with Gasteiger partial charge in [-0.25, -0.2) is 0 Å². The summed E-state index contributed by atoms with van der Waals surface area (Å²) in [7, 11) is 0. The molecule has 2 rings (SSSR count). The Hall–Kier alpha value is -1.43. The molecule has 0 saturated carbocycles. The molecule has 0 aliphatic heterocycles. The highest BCUT2D eigenvalue weighted by atomic mass is 35.5. The minimum Gasteiger partial charge on any atom is -0.467 e. The molecular weight excluding hydrogens is 332 g/mol. The van der Waals surface area contributed by atoms with Crippen molar-refractivity contribution < 1.29 is 9.21 Å². The summed E-state index contributed by atoms with van der Waals surface area (Å²) < 4.78 is 5.20. The van der Waals surface area contributed by atoms with Gasteiger partial charge in [-0.05, 0) is 35.4 Å². The molecular formula is C17H23ClN2O2S. The quantitative estimate of drug-likeness (QED) is 0.808. The smallest absolute Gasteiger partial charge is 0.258 e. The lowest BCUT2D eigenvalue weighted by atomic mass is 10.1. The molecule has 0 aliphatic carbocycles. The van der Waals surface area contributed by atoms with Crippen LogP contribution in [0.4, 0.5) is 5.69 Å². The SMILES string of the molecule is Cc1c(CSC(C)C)cccc1NC(=O)c1coc(CN)c1.Cl. The van der Waals surface area contributed by atoms with E-state index in [1.54, 1.807) is 6.07 Å². The van der Waals surface area contributed by atoms with Crippen molar-refractivity contribution in [2.75, 3.05) is 5.32 Å². The van der Waals surface area contributed by atoms with Gasteiger partial charge in [0.1, 0.15) is 12.0 Å². The van der Waals surface area contributed by atoms with Crippen LogP contribution >= 0.6 is 24.2 Å². The lowest BCUT2D eigenvalue weighted by Gasteiger charge is -2.13. The molecule has 2 aromatic rings. The van der Waals surface area contributed by atoms with Crippen LogP contribution in [0.15, 0.2) is 34.9 Å². The fourth-order valence-corrected chi connectivity index (χ4v) is 2.86. The van der Waals surface area contributed by atoms with E-state index in [4.69, 9.17) is 10.2 Å². The Balaban J connectivity index is 0.00000264. The number of halogens is 1. The monoisotopic (exact) mass is 354 g/mol. The van der Waals surface area contributed by atoms with Crippen LogP contribution in [-0.2, 0) is 12.3 Å². The van der Waals surface area contributed by atoms with Gasteiger partial charge >= 0.3 is 0 Å². The van der Waals surface area contributed by atoms with Crippen molar-refractivity contribution in [1.82, 2.24) is 0 Å². The van der Waals surface area contributed by atoms with Gasteiger partial charge in [-0.3, -0.25) is 4.79 Å². The molecule has 0 radical (unpaired) electrons. The van der Waals surface area contributed by atoms with Crippen molar-refractivity contribution in [3.05, 3.63) is 53.0 Å². The van der Waals surface area contributed by atoms with Gasteiger partial charge in [-0.15, -0.1) is 12.4 Å². The van der Waals surface area contributed by atoms with Crippen LogP contribution in [0.25, 0.3) is 0 Å². The van der Waals surface area contributed by atoms with E-state index in [0.29, 0.717) is 16.6 Å². The fraction of sp³-hybridized carbons (Fsp3) is 0.353. The summed E-state index contributed by atoms with van der Waals surface area (Å²) in [6.45, 7) is 6.68. The number of amides is 1. The second kappa shape index (κ2) is 9.01. The standard InChI is InChI=1S/C17H22N2O2S.ClH/c1-11(2)22-10-13-5-4-6-16(12(13)3)19-17(20)14-7-15(8-18)21-9-14;/h4-7,9,11H,8,10,18H2,1-3H3,(H,19,20);1H. The van der Waals surface area contributed by atoms with Crippen molar-refractivity contribution in [3.63, 3.8) is 0 Å². The highest BCUT2D eigenvalue weighted by Gasteiger charge is 2.12. The van der Waals surface area contributed by atoms with Crippen LogP contribution in [0.2, 0.25) is 0 Å². The predicted octanol–water partition coefficient (Wildman–Crippen LogP) is 4.36. The molecule has 1 amide bonds. The van der Waals surface area contributed by atoms with Crippen LogP contribution < -0.4 is 11.1 Å². The Morgan fingerprint density at radius 3 is 2.74 bits per heavy atom. The summed E-state index contributed by atoms with van der Waals surface area (Å²) in [6, 6.07) is 7.66. The van der Waals surface area contributed by atoms with Gasteiger partial charge in [0.05, 0.1) is 12.1 Å². The Morgan fingerprint density at radius 2 is 2.13 bits per heavy atom. The Bertz CT molecular complexity index is 656. The van der Waals surface area contributed by atoms with E-state index < -0.39 is 0 Å². The Labute approximate surface area is 147 Å². The number of thioether (sulfide) groups is 1. The van der Waals surface area contributed by atoms with E-state index >= 15 is 0 Å². The first-order valence-corrected chi connectivity index (χ1v) is 8.35. The number of carbonyl (C=O) groups excluding carboxylic acids is 1. The molecule has 1 aromatic carbocycles. The number of carbonyl (C=O) groups is 1. The van der Waals surface area contributed by atoms with Gasteiger partial charge in [0, 0.05) is 11.4 Å². The third-order valence-electron chi connectivity index (χ3n) is 3.38. The summed E-state index contributed by atoms with van der Waals surface area (Å²) in [5.41, 5.74) is 9.16. The van der Waals surface area contributed by atoms with Crippen molar-refractivity contribution in [2.24, 2.45) is 5.73 Å². The van der Waals surface area contributed by atoms with Crippen LogP contribution in [0.5, 0.6) is 0 Å². The van der Waals surface area contributed by atoms with E-state index in [0.717, 1.165) is 17.0 Å². The molecule has 0 aliphatic rings. The number of nitrogens with two attached hydrogens (primary N) is 1. The summed E-state index contributed by atoms with van der Waals surface area (Å²) in [5.74, 6) is 1.36. The third-order valence-corrected chi connectivity index (χ3v) is 4.53. The van der Waals surface area contributed by atoms with Crippen molar-refractivity contribution in [2.45, 2.75) is 38.3 Å². The lowest BCUT2D eigenvalue weighted by molar-refractivity contribution is 0.102. The van der Waals surface area contributed by atoms with Gasteiger partial charge in [0.15, 0.2) is 0 Å². The summed E-state index contributed by atoms with van der Waals surface area (Å²) in [6.07, 6.45) is 1.44. The largest absolute Gasteiger partial charge is 0.467 e. The van der Waals surface area contributed by atoms with Gasteiger partial charge < -0.3 is 15.5 Å². The number of hydrogen-bond donors (Lipinski definition) is 2. The predicted molar refractivity (Wildman–Crippen MR) is 99.4 cm³/mol. The maximum atomic E-state index is 12.3. The Kier molecular flexibility index (Phi) is 7.68. The van der Waals surface area contributed by atoms with Crippen LogP contribution in [-0.4, -0.2) is 11.2 Å². The van der Waals surface area contributed by atoms with E-state index in [9.17, 15) is 4.79 Å². The molecule has 0 saturated heterocycles. The molecule has 4 nitrogen and oxygen atoms in total. The third kappa shape index (κ3) is 5.30. The van der Waals surface area contributed by atoms with E-state index in [1.807, 2.05) is 30.8 Å². The number of hydrogen-bond acceptors (Lipinski definition) is 4. The molecule has 3 N–H and O–H groups in total. The van der Waals surface area contributed by atoms with Crippen molar-refractivity contribution in [3.8, 4) is 0 Å². The van der Waals surface area contributed by atoms with Crippen LogP contribution in [0.3, 0.4) is 0 Å². The first kappa shape index (κ1) is 19.6. The molecule has 0 bridgehead atoms. The van der Waals surface area contributed by atoms with Gasteiger partial charge in [-0.2, -0.15) is 11.8 Å². The molecule has 0 fully saturated rings. The van der Waals surface area contributed by atoms with Gasteiger partial charge in [-0.1, -0.05) is 26.0 Å². The highest BCUT2D eigenvalue weighted by molar-refractivity contribution is 7.99. The molecule has 0 atom stereocenters. The number of benzene rings is 1. The molecule has 0 unspecified atom stereocenters. The molecule has 6 heteroatoms. The van der Waals surface area contributed by atoms with Crippen molar-refractivity contribution in [1.29, 1.82) is 0 Å². The van der Waals surface area contributed by atoms with Gasteiger partial charge in [0.25, 0.3) is 5.91 Å². The van der Waals surface area contributed by atoms with Crippen molar-refractivity contribution >= 4 is 35.8 Å². The normalized spacial score (nSPS) is 10.5. The number of furan rings is 1. The zero-order valence-electron chi connectivity index (χ0n) is 13.6. The molecule has 1 heterocycles. The maximum absolute atomic E-state index is 12.3. The molecule has 1 aromatic heterocycles. The number of rotatable bonds is 6. The fourth-order valence-electron chi connectivity index (χ4n) is 2.03. The number of nitrogens with one attached hydrogen (secondary N) is 1. The summed E-state index contributed by atoms with van der Waals surface area (Å²) in [5, 5.41) is 3.52. The maximum Gasteiger partial charge on any atom is 0.258 e. The second-order valence-corrected chi connectivity index (χ2v) is 6.97. The van der Waals surface area contributed by atoms with Crippen LogP contribution in [0.1, 0.15) is 41.1 Å². The lowest BCUT2D eigenvalue weighted by Crippen LogP contribution is -2.12. The minimum atomic E-state index is -0.180. The highest BCUT2D eigenvalue weighted by Crippen LogP contribution is 2.25. The average molecular weight is 355 g/mol. The molecule has 0 spiro atoms. The van der Waals surface area contributed by atoms with E-state index in [1.165, 1.54) is 11.8 Å². The number of anilines is 1. The molecule has 126 valence electrons. The topological polar surface area (TPSA) is 68.3 Å². The zero-order chi connectivity index (χ0) is 16.1. The first-order chi connectivity index (χ1) is 10.5. The summed E-state index contributed by atoms with van der Waals surface area (Å²) in [4.78, 5) is 12.3.